The highest BCUT2D eigenvalue weighted by molar-refractivity contribution is 7.08. The van der Waals surface area contributed by atoms with Crippen molar-refractivity contribution >= 4 is 39.6 Å². The lowest BCUT2D eigenvalue weighted by atomic mass is 10.1. The van der Waals surface area contributed by atoms with Gasteiger partial charge in [-0.3, -0.25) is 14.6 Å². The van der Waals surface area contributed by atoms with E-state index in [9.17, 15) is 14.0 Å². The number of hydrogen-bond acceptors (Lipinski definition) is 5. The van der Waals surface area contributed by atoms with Crippen LogP contribution in [0.25, 0.3) is 10.8 Å². The first kappa shape index (κ1) is 19.5. The Labute approximate surface area is 175 Å². The van der Waals surface area contributed by atoms with Crippen LogP contribution in [0.4, 0.5) is 10.1 Å². The third-order valence-electron chi connectivity index (χ3n) is 4.27. The number of rotatable bonds is 6. The second-order valence-electron chi connectivity index (χ2n) is 6.33. The number of aromatic nitrogens is 1. The highest BCUT2D eigenvalue weighted by atomic mass is 32.1. The Hall–Kier alpha value is -3.78. The van der Waals surface area contributed by atoms with E-state index in [1.54, 1.807) is 59.6 Å². The number of halogens is 1. The quantitative estimate of drug-likeness (QED) is 0.477. The lowest BCUT2D eigenvalue weighted by Crippen LogP contribution is -2.32. The smallest absolute Gasteiger partial charge is 0.252 e. The standard InChI is InChI=1S/C22H16FN3O3S/c23-15-2-1-3-16(10-15)29-20-5-4-19(18-11-24-8-6-17(18)20)26-21(27)12-25-22(28)14-7-9-30-13-14/h1-11,13H,12H2,(H,25,28)(H,26,27). The molecule has 0 unspecified atom stereocenters. The molecular weight excluding hydrogens is 405 g/mol. The zero-order chi connectivity index (χ0) is 20.9. The molecule has 2 aromatic heterocycles. The summed E-state index contributed by atoms with van der Waals surface area (Å²) in [6, 6.07) is 12.6. The molecule has 0 aliphatic heterocycles. The summed E-state index contributed by atoms with van der Waals surface area (Å²) in [5, 5.41) is 10.2. The Bertz CT molecular complexity index is 1210. The number of nitrogens with zero attached hydrogens (tertiary/aromatic N) is 1. The van der Waals surface area contributed by atoms with E-state index in [1.165, 1.54) is 23.5 Å². The second kappa shape index (κ2) is 8.71. The average molecular weight is 421 g/mol. The van der Waals surface area contributed by atoms with Crippen molar-refractivity contribution in [1.82, 2.24) is 10.3 Å². The van der Waals surface area contributed by atoms with Crippen molar-refractivity contribution in [3.63, 3.8) is 0 Å². The summed E-state index contributed by atoms with van der Waals surface area (Å²) in [7, 11) is 0. The van der Waals surface area contributed by atoms with Crippen LogP contribution >= 0.6 is 11.3 Å². The summed E-state index contributed by atoms with van der Waals surface area (Å²) >= 11 is 1.41. The number of ether oxygens (including phenoxy) is 1. The van der Waals surface area contributed by atoms with E-state index in [0.29, 0.717) is 33.5 Å². The van der Waals surface area contributed by atoms with Crippen molar-refractivity contribution in [2.45, 2.75) is 0 Å². The van der Waals surface area contributed by atoms with Gasteiger partial charge < -0.3 is 15.4 Å². The van der Waals surface area contributed by atoms with Gasteiger partial charge in [0.05, 0.1) is 12.2 Å². The monoisotopic (exact) mass is 421 g/mol. The zero-order valence-corrected chi connectivity index (χ0v) is 16.4. The van der Waals surface area contributed by atoms with Gasteiger partial charge in [-0.1, -0.05) is 6.07 Å². The highest BCUT2D eigenvalue weighted by Gasteiger charge is 2.12. The molecular formula is C22H16FN3O3S. The summed E-state index contributed by atoms with van der Waals surface area (Å²) in [6.45, 7) is -0.169. The number of pyridine rings is 1. The van der Waals surface area contributed by atoms with Gasteiger partial charge in [-0.25, -0.2) is 4.39 Å². The van der Waals surface area contributed by atoms with E-state index in [0.717, 1.165) is 0 Å². The fourth-order valence-electron chi connectivity index (χ4n) is 2.87. The molecule has 0 atom stereocenters. The molecule has 0 radical (unpaired) electrons. The maximum Gasteiger partial charge on any atom is 0.252 e. The van der Waals surface area contributed by atoms with Crippen molar-refractivity contribution in [3.05, 3.63) is 83.1 Å². The van der Waals surface area contributed by atoms with Crippen molar-refractivity contribution in [1.29, 1.82) is 0 Å². The summed E-state index contributed by atoms with van der Waals surface area (Å²) in [5.41, 5.74) is 1.04. The van der Waals surface area contributed by atoms with Crippen LogP contribution in [0.3, 0.4) is 0 Å². The van der Waals surface area contributed by atoms with E-state index in [2.05, 4.69) is 15.6 Å². The minimum atomic E-state index is -0.396. The topological polar surface area (TPSA) is 80.3 Å². The Morgan fingerprint density at radius 2 is 2.00 bits per heavy atom. The molecule has 2 N–H and O–H groups in total. The number of amides is 2. The normalized spacial score (nSPS) is 10.6. The van der Waals surface area contributed by atoms with Crippen molar-refractivity contribution in [3.8, 4) is 11.5 Å². The van der Waals surface area contributed by atoms with E-state index < -0.39 is 5.82 Å². The van der Waals surface area contributed by atoms with E-state index >= 15 is 0 Å². The van der Waals surface area contributed by atoms with Gasteiger partial charge in [0.1, 0.15) is 17.3 Å². The molecule has 2 aromatic carbocycles. The van der Waals surface area contributed by atoms with E-state index in [4.69, 9.17) is 4.74 Å². The van der Waals surface area contributed by atoms with Gasteiger partial charge in [0.15, 0.2) is 0 Å². The van der Waals surface area contributed by atoms with Gasteiger partial charge in [0, 0.05) is 40.2 Å². The Balaban J connectivity index is 1.51. The Kier molecular flexibility index (Phi) is 5.67. The number of carbonyl (C=O) groups is 2. The van der Waals surface area contributed by atoms with Crippen LogP contribution in [0.2, 0.25) is 0 Å². The van der Waals surface area contributed by atoms with Crippen LogP contribution in [0.5, 0.6) is 11.5 Å². The molecule has 0 saturated heterocycles. The predicted octanol–water partition coefficient (Wildman–Crippen LogP) is 4.60. The predicted molar refractivity (Wildman–Crippen MR) is 113 cm³/mol. The minimum absolute atomic E-state index is 0.169. The van der Waals surface area contributed by atoms with Gasteiger partial charge in [-0.05, 0) is 41.8 Å². The molecule has 0 saturated carbocycles. The largest absolute Gasteiger partial charge is 0.457 e. The number of fused-ring (bicyclic) bond motifs is 1. The maximum atomic E-state index is 13.4. The number of thiophene rings is 1. The molecule has 0 aliphatic carbocycles. The van der Waals surface area contributed by atoms with Gasteiger partial charge in [0.2, 0.25) is 5.91 Å². The number of hydrogen-bond donors (Lipinski definition) is 2. The van der Waals surface area contributed by atoms with Gasteiger partial charge >= 0.3 is 0 Å². The molecule has 0 bridgehead atoms. The van der Waals surface area contributed by atoms with Gasteiger partial charge in [0.25, 0.3) is 5.91 Å². The lowest BCUT2D eigenvalue weighted by molar-refractivity contribution is -0.115. The Morgan fingerprint density at radius 1 is 1.10 bits per heavy atom. The molecule has 0 spiro atoms. The number of nitrogens with one attached hydrogen (secondary N) is 2. The molecule has 6 nitrogen and oxygen atoms in total. The van der Waals surface area contributed by atoms with Crippen LogP contribution < -0.4 is 15.4 Å². The van der Waals surface area contributed by atoms with Crippen molar-refractivity contribution in [2.75, 3.05) is 11.9 Å². The number of carbonyl (C=O) groups excluding carboxylic acids is 2. The molecule has 0 aliphatic rings. The summed E-state index contributed by atoms with van der Waals surface area (Å²) in [6.07, 6.45) is 3.21. The maximum absolute atomic E-state index is 13.4. The average Bonchev–Trinajstić information content (AvgIpc) is 3.29. The molecule has 2 amide bonds. The molecule has 8 heteroatoms. The van der Waals surface area contributed by atoms with Gasteiger partial charge in [-0.15, -0.1) is 0 Å². The van der Waals surface area contributed by atoms with Crippen LogP contribution in [0, 0.1) is 5.82 Å². The first-order valence-electron chi connectivity index (χ1n) is 9.00. The number of anilines is 1. The van der Waals surface area contributed by atoms with E-state index in [1.807, 2.05) is 0 Å². The molecule has 4 rings (SSSR count). The van der Waals surface area contributed by atoms with Crippen molar-refractivity contribution < 1.29 is 18.7 Å². The molecule has 150 valence electrons. The summed E-state index contributed by atoms with van der Waals surface area (Å²) in [5.74, 6) is -0.214. The van der Waals surface area contributed by atoms with E-state index in [-0.39, 0.29) is 18.4 Å². The first-order valence-corrected chi connectivity index (χ1v) is 9.95. The van der Waals surface area contributed by atoms with Gasteiger partial charge in [-0.2, -0.15) is 11.3 Å². The lowest BCUT2D eigenvalue weighted by Gasteiger charge is -2.13. The third kappa shape index (κ3) is 4.44. The highest BCUT2D eigenvalue weighted by Crippen LogP contribution is 2.34. The zero-order valence-electron chi connectivity index (χ0n) is 15.6. The fraction of sp³-hybridized carbons (Fsp3) is 0.0455. The summed E-state index contributed by atoms with van der Waals surface area (Å²) in [4.78, 5) is 28.4. The molecule has 30 heavy (non-hydrogen) atoms. The first-order chi connectivity index (χ1) is 14.6. The molecule has 2 heterocycles. The second-order valence-corrected chi connectivity index (χ2v) is 7.11. The van der Waals surface area contributed by atoms with Crippen LogP contribution in [-0.4, -0.2) is 23.3 Å². The summed E-state index contributed by atoms with van der Waals surface area (Å²) < 4.78 is 19.3. The molecule has 0 fully saturated rings. The SMILES string of the molecule is O=C(CNC(=O)c1ccsc1)Nc1ccc(Oc2cccc(F)c2)c2ccncc12. The minimum Gasteiger partial charge on any atom is -0.457 e. The molecule has 4 aromatic rings. The number of benzene rings is 2. The van der Waals surface area contributed by atoms with Crippen LogP contribution in [0.15, 0.2) is 71.7 Å². The van der Waals surface area contributed by atoms with Crippen LogP contribution in [-0.2, 0) is 4.79 Å². The third-order valence-corrected chi connectivity index (χ3v) is 4.95. The Morgan fingerprint density at radius 3 is 2.80 bits per heavy atom. The van der Waals surface area contributed by atoms with Crippen molar-refractivity contribution in [2.24, 2.45) is 0 Å². The van der Waals surface area contributed by atoms with Crippen LogP contribution in [0.1, 0.15) is 10.4 Å². The fourth-order valence-corrected chi connectivity index (χ4v) is 3.50.